The number of phenolic OH excluding ortho intramolecular Hbond substituents is 1. The minimum atomic E-state index is 0.105. The maximum Gasteiger partial charge on any atom is 0.234 e. The molecule has 0 aliphatic carbocycles. The number of aryl methyl sites for hydroxylation is 1. The Bertz CT molecular complexity index is 710. The summed E-state index contributed by atoms with van der Waals surface area (Å²) in [6.45, 7) is 6.05. The summed E-state index contributed by atoms with van der Waals surface area (Å²) in [7, 11) is 0. The van der Waals surface area contributed by atoms with Crippen molar-refractivity contribution in [2.24, 2.45) is 0 Å². The van der Waals surface area contributed by atoms with Gasteiger partial charge in [0, 0.05) is 37.9 Å². The lowest BCUT2D eigenvalue weighted by Gasteiger charge is -2.35. The first kappa shape index (κ1) is 19.2. The Morgan fingerprint density at radius 3 is 2.37 bits per heavy atom. The Morgan fingerprint density at radius 1 is 1.04 bits per heavy atom. The minimum absolute atomic E-state index is 0.105. The van der Waals surface area contributed by atoms with Crippen LogP contribution in [0.1, 0.15) is 18.9 Å². The van der Waals surface area contributed by atoms with Crippen molar-refractivity contribution in [2.45, 2.75) is 25.8 Å². The summed E-state index contributed by atoms with van der Waals surface area (Å²) in [6.07, 6.45) is 1.93. The van der Waals surface area contributed by atoms with E-state index in [4.69, 9.17) is 0 Å². The standard InChI is InChI=1S/C22H29N3O2/c1-18(7-8-19-5-3-2-4-6-19)23-22(27)17-24-13-15-25(16-14-24)20-9-11-21(26)12-10-20/h2-6,9-12,18,26H,7-8,13-17H2,1H3,(H,23,27)/t18-/m0/s1. The molecule has 144 valence electrons. The van der Waals surface area contributed by atoms with Crippen molar-refractivity contribution >= 4 is 11.6 Å². The molecule has 0 saturated carbocycles. The largest absolute Gasteiger partial charge is 0.508 e. The van der Waals surface area contributed by atoms with Crippen LogP contribution >= 0.6 is 0 Å². The number of nitrogens with one attached hydrogen (secondary N) is 1. The van der Waals surface area contributed by atoms with E-state index in [1.54, 1.807) is 12.1 Å². The van der Waals surface area contributed by atoms with Gasteiger partial charge in [0.1, 0.15) is 5.75 Å². The molecule has 1 aliphatic heterocycles. The summed E-state index contributed by atoms with van der Waals surface area (Å²) < 4.78 is 0. The normalized spacial score (nSPS) is 16.1. The second-order valence-corrected chi connectivity index (χ2v) is 7.27. The molecular weight excluding hydrogens is 338 g/mol. The van der Waals surface area contributed by atoms with Gasteiger partial charge in [0.25, 0.3) is 0 Å². The minimum Gasteiger partial charge on any atom is -0.508 e. The van der Waals surface area contributed by atoms with Gasteiger partial charge in [-0.2, -0.15) is 0 Å². The lowest BCUT2D eigenvalue weighted by Crippen LogP contribution is -2.50. The lowest BCUT2D eigenvalue weighted by molar-refractivity contribution is -0.122. The van der Waals surface area contributed by atoms with Gasteiger partial charge in [0.2, 0.25) is 5.91 Å². The summed E-state index contributed by atoms with van der Waals surface area (Å²) >= 11 is 0. The predicted octanol–water partition coefficient (Wildman–Crippen LogP) is 2.65. The van der Waals surface area contributed by atoms with Crippen LogP contribution in [0.25, 0.3) is 0 Å². The average Bonchev–Trinajstić information content (AvgIpc) is 2.68. The molecule has 5 nitrogen and oxygen atoms in total. The molecule has 1 amide bonds. The molecule has 1 saturated heterocycles. The van der Waals surface area contributed by atoms with Gasteiger partial charge >= 0.3 is 0 Å². The van der Waals surface area contributed by atoms with E-state index in [-0.39, 0.29) is 17.7 Å². The number of carbonyl (C=O) groups is 1. The highest BCUT2D eigenvalue weighted by atomic mass is 16.3. The zero-order chi connectivity index (χ0) is 19.1. The molecule has 1 heterocycles. The number of benzene rings is 2. The number of piperazine rings is 1. The Balaban J connectivity index is 1.37. The van der Waals surface area contributed by atoms with E-state index in [1.807, 2.05) is 18.2 Å². The number of amides is 1. The molecule has 0 radical (unpaired) electrons. The maximum atomic E-state index is 12.3. The number of phenols is 1. The fourth-order valence-electron chi connectivity index (χ4n) is 3.45. The second-order valence-electron chi connectivity index (χ2n) is 7.27. The zero-order valence-electron chi connectivity index (χ0n) is 16.0. The van der Waals surface area contributed by atoms with Crippen molar-refractivity contribution in [1.82, 2.24) is 10.2 Å². The van der Waals surface area contributed by atoms with Gasteiger partial charge in [-0.05, 0) is 49.6 Å². The molecular formula is C22H29N3O2. The summed E-state index contributed by atoms with van der Waals surface area (Å²) in [5.41, 5.74) is 2.43. The molecule has 5 heteroatoms. The van der Waals surface area contributed by atoms with Crippen molar-refractivity contribution < 1.29 is 9.90 Å². The van der Waals surface area contributed by atoms with Gasteiger partial charge in [-0.25, -0.2) is 0 Å². The summed E-state index contributed by atoms with van der Waals surface area (Å²) in [5.74, 6) is 0.393. The molecule has 1 fully saturated rings. The highest BCUT2D eigenvalue weighted by Gasteiger charge is 2.19. The quantitative estimate of drug-likeness (QED) is 0.790. The first-order valence-electron chi connectivity index (χ1n) is 9.70. The first-order valence-corrected chi connectivity index (χ1v) is 9.70. The van der Waals surface area contributed by atoms with E-state index in [2.05, 4.69) is 46.3 Å². The van der Waals surface area contributed by atoms with Gasteiger partial charge < -0.3 is 15.3 Å². The highest BCUT2D eigenvalue weighted by Crippen LogP contribution is 2.19. The lowest BCUT2D eigenvalue weighted by atomic mass is 10.1. The third-order valence-corrected chi connectivity index (χ3v) is 5.07. The first-order chi connectivity index (χ1) is 13.1. The number of hydrogen-bond donors (Lipinski definition) is 2. The zero-order valence-corrected chi connectivity index (χ0v) is 16.0. The van der Waals surface area contributed by atoms with Crippen LogP contribution in [-0.4, -0.2) is 54.7 Å². The van der Waals surface area contributed by atoms with Crippen LogP contribution < -0.4 is 10.2 Å². The van der Waals surface area contributed by atoms with E-state index in [0.29, 0.717) is 6.54 Å². The Morgan fingerprint density at radius 2 is 1.70 bits per heavy atom. The molecule has 1 aliphatic rings. The maximum absolute atomic E-state index is 12.3. The molecule has 2 N–H and O–H groups in total. The van der Waals surface area contributed by atoms with E-state index >= 15 is 0 Å². The average molecular weight is 367 g/mol. The number of hydrogen-bond acceptors (Lipinski definition) is 4. The Hall–Kier alpha value is -2.53. The molecule has 2 aromatic rings. The van der Waals surface area contributed by atoms with Crippen LogP contribution in [0.5, 0.6) is 5.75 Å². The molecule has 2 aromatic carbocycles. The van der Waals surface area contributed by atoms with Crippen LogP contribution in [0.3, 0.4) is 0 Å². The molecule has 3 rings (SSSR count). The second kappa shape index (κ2) is 9.42. The number of nitrogens with zero attached hydrogens (tertiary/aromatic N) is 2. The van der Waals surface area contributed by atoms with Crippen LogP contribution in [-0.2, 0) is 11.2 Å². The van der Waals surface area contributed by atoms with Crippen LogP contribution in [0.15, 0.2) is 54.6 Å². The van der Waals surface area contributed by atoms with Crippen molar-refractivity contribution in [3.63, 3.8) is 0 Å². The third kappa shape index (κ3) is 6.00. The summed E-state index contributed by atoms with van der Waals surface area (Å²) in [6, 6.07) is 17.9. The monoisotopic (exact) mass is 367 g/mol. The highest BCUT2D eigenvalue weighted by molar-refractivity contribution is 5.78. The number of anilines is 1. The van der Waals surface area contributed by atoms with Crippen LogP contribution in [0, 0.1) is 0 Å². The third-order valence-electron chi connectivity index (χ3n) is 5.07. The Kier molecular flexibility index (Phi) is 6.71. The van der Waals surface area contributed by atoms with E-state index in [9.17, 15) is 9.90 Å². The topological polar surface area (TPSA) is 55.8 Å². The van der Waals surface area contributed by atoms with Gasteiger partial charge in [-0.15, -0.1) is 0 Å². The fraction of sp³-hybridized carbons (Fsp3) is 0.409. The van der Waals surface area contributed by atoms with E-state index in [0.717, 1.165) is 44.7 Å². The summed E-state index contributed by atoms with van der Waals surface area (Å²) in [4.78, 5) is 16.8. The number of aromatic hydroxyl groups is 1. The van der Waals surface area contributed by atoms with Crippen molar-refractivity contribution in [1.29, 1.82) is 0 Å². The fourth-order valence-corrected chi connectivity index (χ4v) is 3.45. The van der Waals surface area contributed by atoms with Crippen LogP contribution in [0.2, 0.25) is 0 Å². The van der Waals surface area contributed by atoms with Crippen molar-refractivity contribution in [3.8, 4) is 5.75 Å². The van der Waals surface area contributed by atoms with Crippen molar-refractivity contribution in [3.05, 3.63) is 60.2 Å². The predicted molar refractivity (Wildman–Crippen MR) is 109 cm³/mol. The summed E-state index contributed by atoms with van der Waals surface area (Å²) in [5, 5.41) is 12.5. The van der Waals surface area contributed by atoms with Crippen molar-refractivity contribution in [2.75, 3.05) is 37.6 Å². The molecule has 0 spiro atoms. The van der Waals surface area contributed by atoms with Gasteiger partial charge in [-0.3, -0.25) is 9.69 Å². The van der Waals surface area contributed by atoms with Gasteiger partial charge in [-0.1, -0.05) is 30.3 Å². The molecule has 0 bridgehead atoms. The van der Waals surface area contributed by atoms with Gasteiger partial charge in [0.05, 0.1) is 6.54 Å². The molecule has 0 unspecified atom stereocenters. The van der Waals surface area contributed by atoms with E-state index in [1.165, 1.54) is 5.56 Å². The molecule has 27 heavy (non-hydrogen) atoms. The SMILES string of the molecule is C[C@@H](CCc1ccccc1)NC(=O)CN1CCN(c2ccc(O)cc2)CC1. The number of carbonyl (C=O) groups excluding carboxylic acids is 1. The van der Waals surface area contributed by atoms with E-state index < -0.39 is 0 Å². The number of rotatable bonds is 7. The smallest absolute Gasteiger partial charge is 0.234 e. The van der Waals surface area contributed by atoms with Crippen LogP contribution in [0.4, 0.5) is 5.69 Å². The molecule has 1 atom stereocenters. The molecule has 0 aromatic heterocycles. The Labute approximate surface area is 161 Å². The van der Waals surface area contributed by atoms with Gasteiger partial charge in [0.15, 0.2) is 0 Å².